The number of carboxylic acids is 1. The van der Waals surface area contributed by atoms with Crippen molar-refractivity contribution in [2.45, 2.75) is 32.4 Å². The van der Waals surface area contributed by atoms with Gasteiger partial charge in [0.2, 0.25) is 5.91 Å². The molecule has 0 fully saturated rings. The number of amides is 1. The third kappa shape index (κ3) is 3.33. The summed E-state index contributed by atoms with van der Waals surface area (Å²) in [7, 11) is 0. The molecule has 0 bridgehead atoms. The van der Waals surface area contributed by atoms with Crippen LogP contribution in [0.1, 0.15) is 24.5 Å². The highest BCUT2D eigenvalue weighted by Crippen LogP contribution is 2.24. The molecule has 0 saturated carbocycles. The Balaban J connectivity index is 2.13. The Kier molecular flexibility index (Phi) is 5.06. The number of thioether (sulfide) groups is 1. The summed E-state index contributed by atoms with van der Waals surface area (Å²) >= 11 is 1.57. The fourth-order valence-electron chi connectivity index (χ4n) is 2.39. The predicted molar refractivity (Wildman–Crippen MR) is 79.7 cm³/mol. The van der Waals surface area contributed by atoms with Gasteiger partial charge in [0, 0.05) is 13.0 Å². The van der Waals surface area contributed by atoms with Crippen LogP contribution in [0.15, 0.2) is 24.3 Å². The summed E-state index contributed by atoms with van der Waals surface area (Å²) in [5.74, 6) is 0.284. The van der Waals surface area contributed by atoms with Crippen LogP contribution in [0.5, 0.6) is 0 Å². The van der Waals surface area contributed by atoms with Crippen LogP contribution in [0.2, 0.25) is 0 Å². The molecule has 0 saturated heterocycles. The Bertz CT molecular complexity index is 504. The second-order valence-electron chi connectivity index (χ2n) is 4.90. The van der Waals surface area contributed by atoms with Crippen molar-refractivity contribution in [3.05, 3.63) is 35.4 Å². The third-order valence-corrected chi connectivity index (χ3v) is 4.58. The number of hydrogen-bond acceptors (Lipinski definition) is 3. The minimum absolute atomic E-state index is 0.0784. The molecule has 1 unspecified atom stereocenters. The Labute approximate surface area is 123 Å². The summed E-state index contributed by atoms with van der Waals surface area (Å²) in [5, 5.41) is 9.35. The minimum Gasteiger partial charge on any atom is -0.480 e. The average Bonchev–Trinajstić information content (AvgIpc) is 2.46. The Hall–Kier alpha value is -1.49. The molecular weight excluding hydrogens is 274 g/mol. The smallest absolute Gasteiger partial charge is 0.326 e. The van der Waals surface area contributed by atoms with Crippen LogP contribution in [-0.4, -0.2) is 39.4 Å². The maximum Gasteiger partial charge on any atom is 0.326 e. The van der Waals surface area contributed by atoms with Crippen molar-refractivity contribution in [1.82, 2.24) is 4.90 Å². The average molecular weight is 293 g/mol. The highest BCUT2D eigenvalue weighted by atomic mass is 32.2. The zero-order valence-electron chi connectivity index (χ0n) is 11.5. The van der Waals surface area contributed by atoms with Crippen molar-refractivity contribution < 1.29 is 14.7 Å². The van der Waals surface area contributed by atoms with E-state index in [1.165, 1.54) is 4.90 Å². The van der Waals surface area contributed by atoms with Crippen LogP contribution in [0.3, 0.4) is 0 Å². The van der Waals surface area contributed by atoms with E-state index in [9.17, 15) is 14.7 Å². The van der Waals surface area contributed by atoms with E-state index < -0.39 is 12.0 Å². The van der Waals surface area contributed by atoms with Gasteiger partial charge in [-0.3, -0.25) is 4.79 Å². The van der Waals surface area contributed by atoms with Gasteiger partial charge in [-0.25, -0.2) is 4.79 Å². The van der Waals surface area contributed by atoms with Gasteiger partial charge in [-0.2, -0.15) is 11.8 Å². The Morgan fingerprint density at radius 3 is 2.70 bits per heavy atom. The quantitative estimate of drug-likeness (QED) is 0.845. The molecule has 0 aliphatic carbocycles. The van der Waals surface area contributed by atoms with Gasteiger partial charge >= 0.3 is 5.97 Å². The van der Waals surface area contributed by atoms with Gasteiger partial charge in [-0.1, -0.05) is 31.2 Å². The topological polar surface area (TPSA) is 57.6 Å². The summed E-state index contributed by atoms with van der Waals surface area (Å²) in [6.45, 7) is 2.47. The highest BCUT2D eigenvalue weighted by molar-refractivity contribution is 7.99. The fraction of sp³-hybridized carbons (Fsp3) is 0.467. The number of fused-ring (bicyclic) bond motifs is 1. The van der Waals surface area contributed by atoms with Crippen LogP contribution in [0, 0.1) is 0 Å². The van der Waals surface area contributed by atoms with E-state index in [2.05, 4.69) is 6.92 Å². The lowest BCUT2D eigenvalue weighted by Gasteiger charge is -2.34. The summed E-state index contributed by atoms with van der Waals surface area (Å²) in [5.41, 5.74) is 2.09. The molecule has 0 radical (unpaired) electrons. The van der Waals surface area contributed by atoms with Crippen molar-refractivity contribution in [3.8, 4) is 0 Å². The molecule has 0 aromatic heterocycles. The largest absolute Gasteiger partial charge is 0.480 e. The zero-order chi connectivity index (χ0) is 14.5. The molecule has 1 aliphatic rings. The van der Waals surface area contributed by atoms with E-state index in [4.69, 9.17) is 0 Å². The van der Waals surface area contributed by atoms with Gasteiger partial charge in [0.15, 0.2) is 0 Å². The molecule has 1 aromatic rings. The second kappa shape index (κ2) is 6.79. The van der Waals surface area contributed by atoms with Crippen LogP contribution in [0.25, 0.3) is 0 Å². The lowest BCUT2D eigenvalue weighted by Crippen LogP contribution is -2.49. The molecule has 108 valence electrons. The Morgan fingerprint density at radius 1 is 1.35 bits per heavy atom. The van der Waals surface area contributed by atoms with E-state index in [0.717, 1.165) is 23.3 Å². The highest BCUT2D eigenvalue weighted by Gasteiger charge is 2.34. The van der Waals surface area contributed by atoms with Crippen molar-refractivity contribution in [3.63, 3.8) is 0 Å². The van der Waals surface area contributed by atoms with E-state index >= 15 is 0 Å². The number of carbonyl (C=O) groups excluding carboxylic acids is 1. The number of benzene rings is 1. The van der Waals surface area contributed by atoms with Gasteiger partial charge in [0.05, 0.1) is 5.75 Å². The number of rotatable bonds is 5. The van der Waals surface area contributed by atoms with Crippen LogP contribution < -0.4 is 0 Å². The molecule has 1 aliphatic heterocycles. The first-order valence-electron chi connectivity index (χ1n) is 6.80. The minimum atomic E-state index is -0.923. The second-order valence-corrected chi connectivity index (χ2v) is 6.01. The molecule has 1 heterocycles. The number of nitrogens with zero attached hydrogens (tertiary/aromatic N) is 1. The summed E-state index contributed by atoms with van der Waals surface area (Å²) in [4.78, 5) is 25.2. The molecule has 2 rings (SSSR count). The molecule has 1 atom stereocenters. The summed E-state index contributed by atoms with van der Waals surface area (Å²) < 4.78 is 0. The van der Waals surface area contributed by atoms with E-state index in [0.29, 0.717) is 18.7 Å². The van der Waals surface area contributed by atoms with E-state index in [-0.39, 0.29) is 5.91 Å². The normalized spacial score (nSPS) is 17.6. The lowest BCUT2D eigenvalue weighted by molar-refractivity contribution is -0.150. The van der Waals surface area contributed by atoms with Crippen molar-refractivity contribution in [1.29, 1.82) is 0 Å². The number of carboxylic acid groups (broad SMARTS) is 1. The summed E-state index contributed by atoms with van der Waals surface area (Å²) in [6.07, 6.45) is 1.42. The van der Waals surface area contributed by atoms with E-state index in [1.54, 1.807) is 11.8 Å². The number of carbonyl (C=O) groups is 2. The van der Waals surface area contributed by atoms with Crippen LogP contribution >= 0.6 is 11.8 Å². The third-order valence-electron chi connectivity index (χ3n) is 3.43. The van der Waals surface area contributed by atoms with Gasteiger partial charge in [-0.15, -0.1) is 0 Å². The maximum atomic E-state index is 12.2. The van der Waals surface area contributed by atoms with E-state index in [1.807, 2.05) is 24.3 Å². The molecule has 0 spiro atoms. The Morgan fingerprint density at radius 2 is 2.05 bits per heavy atom. The van der Waals surface area contributed by atoms with Gasteiger partial charge in [0.1, 0.15) is 6.04 Å². The summed E-state index contributed by atoms with van der Waals surface area (Å²) in [6, 6.07) is 7.01. The monoisotopic (exact) mass is 293 g/mol. The molecular formula is C15H19NO3S. The molecule has 5 heteroatoms. The van der Waals surface area contributed by atoms with Crippen molar-refractivity contribution in [2.75, 3.05) is 11.5 Å². The molecule has 1 amide bonds. The predicted octanol–water partition coefficient (Wildman–Crippen LogP) is 2.17. The van der Waals surface area contributed by atoms with Crippen molar-refractivity contribution in [2.24, 2.45) is 0 Å². The molecule has 1 aromatic carbocycles. The first-order chi connectivity index (χ1) is 9.63. The number of hydrogen-bond donors (Lipinski definition) is 1. The molecule has 1 N–H and O–H groups in total. The molecule has 4 nitrogen and oxygen atoms in total. The first kappa shape index (κ1) is 14.9. The zero-order valence-corrected chi connectivity index (χ0v) is 12.4. The SMILES string of the molecule is CCCSCC(=O)N1Cc2ccccc2CC1C(=O)O. The van der Waals surface area contributed by atoms with Crippen LogP contribution in [-0.2, 0) is 22.6 Å². The fourth-order valence-corrected chi connectivity index (χ4v) is 3.17. The standard InChI is InChI=1S/C15H19NO3S/c1-2-7-20-10-14(17)16-9-12-6-4-3-5-11(12)8-13(16)15(18)19/h3-6,13H,2,7-10H2,1H3,(H,18,19). The number of aliphatic carboxylic acids is 1. The van der Waals surface area contributed by atoms with Gasteiger partial charge < -0.3 is 10.0 Å². The van der Waals surface area contributed by atoms with Crippen molar-refractivity contribution >= 4 is 23.6 Å². The lowest BCUT2D eigenvalue weighted by atomic mass is 9.94. The maximum absolute atomic E-state index is 12.2. The molecule has 20 heavy (non-hydrogen) atoms. The van der Waals surface area contributed by atoms with Gasteiger partial charge in [0.25, 0.3) is 0 Å². The van der Waals surface area contributed by atoms with Crippen LogP contribution in [0.4, 0.5) is 0 Å². The van der Waals surface area contributed by atoms with Gasteiger partial charge in [-0.05, 0) is 23.3 Å². The first-order valence-corrected chi connectivity index (χ1v) is 7.95.